The molecule has 0 radical (unpaired) electrons. The summed E-state index contributed by atoms with van der Waals surface area (Å²) in [5.74, 6) is 0.168. The van der Waals surface area contributed by atoms with Crippen molar-refractivity contribution in [3.05, 3.63) is 71.8 Å². The Morgan fingerprint density at radius 3 is 1.38 bits per heavy atom. The van der Waals surface area contributed by atoms with Gasteiger partial charge in [0.05, 0.1) is 0 Å². The first-order chi connectivity index (χ1) is 12.7. The zero-order valence-corrected chi connectivity index (χ0v) is 15.2. The van der Waals surface area contributed by atoms with E-state index in [0.717, 1.165) is 25.7 Å². The van der Waals surface area contributed by atoms with E-state index in [9.17, 15) is 9.59 Å². The molecule has 2 rings (SSSR count). The summed E-state index contributed by atoms with van der Waals surface area (Å²) in [6, 6.07) is 20.0. The molecule has 0 unspecified atom stereocenters. The van der Waals surface area contributed by atoms with Crippen LogP contribution in [0.5, 0.6) is 0 Å². The lowest BCUT2D eigenvalue weighted by atomic mass is 10.1. The van der Waals surface area contributed by atoms with Crippen LogP contribution in [0.2, 0.25) is 0 Å². The van der Waals surface area contributed by atoms with Crippen LogP contribution in [0.1, 0.15) is 36.8 Å². The first-order valence-electron chi connectivity index (χ1n) is 9.35. The van der Waals surface area contributed by atoms with Crippen molar-refractivity contribution in [3.63, 3.8) is 0 Å². The number of benzene rings is 2. The molecule has 2 amide bonds. The van der Waals surface area contributed by atoms with Crippen LogP contribution < -0.4 is 10.6 Å². The van der Waals surface area contributed by atoms with Crippen molar-refractivity contribution in [1.29, 1.82) is 0 Å². The van der Waals surface area contributed by atoms with Crippen molar-refractivity contribution in [2.45, 2.75) is 38.5 Å². The van der Waals surface area contributed by atoms with Crippen molar-refractivity contribution in [3.8, 4) is 0 Å². The topological polar surface area (TPSA) is 58.2 Å². The van der Waals surface area contributed by atoms with Gasteiger partial charge in [0.25, 0.3) is 0 Å². The van der Waals surface area contributed by atoms with Gasteiger partial charge in [-0.25, -0.2) is 0 Å². The Morgan fingerprint density at radius 1 is 0.615 bits per heavy atom. The Balaban J connectivity index is 1.45. The third kappa shape index (κ3) is 8.47. The van der Waals surface area contributed by atoms with E-state index in [1.165, 1.54) is 11.1 Å². The fourth-order valence-electron chi connectivity index (χ4n) is 2.69. The van der Waals surface area contributed by atoms with E-state index in [0.29, 0.717) is 25.9 Å². The highest BCUT2D eigenvalue weighted by atomic mass is 16.2. The smallest absolute Gasteiger partial charge is 0.220 e. The molecule has 2 aromatic carbocycles. The molecule has 0 saturated heterocycles. The van der Waals surface area contributed by atoms with Gasteiger partial charge in [-0.05, 0) is 36.8 Å². The molecule has 0 aliphatic carbocycles. The second-order valence-electron chi connectivity index (χ2n) is 6.38. The SMILES string of the molecule is O=C(CCc1ccccc1)NCCCCNC(=O)CCc1ccccc1. The molecule has 4 nitrogen and oxygen atoms in total. The van der Waals surface area contributed by atoms with E-state index in [-0.39, 0.29) is 11.8 Å². The first-order valence-corrected chi connectivity index (χ1v) is 9.35. The third-order valence-corrected chi connectivity index (χ3v) is 4.22. The van der Waals surface area contributed by atoms with Gasteiger partial charge < -0.3 is 10.6 Å². The molecule has 138 valence electrons. The Kier molecular flexibility index (Phi) is 8.98. The summed E-state index contributed by atoms with van der Waals surface area (Å²) in [5.41, 5.74) is 2.36. The standard InChI is InChI=1S/C22H28N2O2/c25-21(15-13-19-9-3-1-4-10-19)23-17-7-8-18-24-22(26)16-14-20-11-5-2-6-12-20/h1-6,9-12H,7-8,13-18H2,(H,23,25)(H,24,26). The van der Waals surface area contributed by atoms with Gasteiger partial charge in [0.15, 0.2) is 0 Å². The van der Waals surface area contributed by atoms with Crippen LogP contribution >= 0.6 is 0 Å². The third-order valence-electron chi connectivity index (χ3n) is 4.22. The predicted octanol–water partition coefficient (Wildman–Crippen LogP) is 3.26. The van der Waals surface area contributed by atoms with Gasteiger partial charge in [-0.2, -0.15) is 0 Å². The summed E-state index contributed by atoms with van der Waals surface area (Å²) >= 11 is 0. The monoisotopic (exact) mass is 352 g/mol. The minimum atomic E-state index is 0.0840. The molecule has 0 bridgehead atoms. The number of unbranched alkanes of at least 4 members (excludes halogenated alkanes) is 1. The average Bonchev–Trinajstić information content (AvgIpc) is 2.69. The van der Waals surface area contributed by atoms with Crippen molar-refractivity contribution in [2.75, 3.05) is 13.1 Å². The Morgan fingerprint density at radius 2 is 1.00 bits per heavy atom. The molecule has 26 heavy (non-hydrogen) atoms. The normalized spacial score (nSPS) is 10.3. The summed E-state index contributed by atoms with van der Waals surface area (Å²) in [7, 11) is 0. The molecule has 0 spiro atoms. The van der Waals surface area contributed by atoms with E-state index in [4.69, 9.17) is 0 Å². The number of hydrogen-bond donors (Lipinski definition) is 2. The number of amides is 2. The summed E-state index contributed by atoms with van der Waals surface area (Å²) < 4.78 is 0. The Hall–Kier alpha value is -2.62. The van der Waals surface area contributed by atoms with Gasteiger partial charge in [-0.1, -0.05) is 60.7 Å². The summed E-state index contributed by atoms with van der Waals surface area (Å²) in [5, 5.41) is 5.87. The number of rotatable bonds is 11. The molecule has 0 saturated carbocycles. The molecular weight excluding hydrogens is 324 g/mol. The molecule has 0 atom stereocenters. The van der Waals surface area contributed by atoms with E-state index in [1.807, 2.05) is 60.7 Å². The predicted molar refractivity (Wildman–Crippen MR) is 105 cm³/mol. The number of aryl methyl sites for hydroxylation is 2. The number of nitrogens with one attached hydrogen (secondary N) is 2. The quantitative estimate of drug-likeness (QED) is 0.610. The average molecular weight is 352 g/mol. The zero-order valence-electron chi connectivity index (χ0n) is 15.2. The zero-order chi connectivity index (χ0) is 18.5. The Bertz CT molecular complexity index is 597. The van der Waals surface area contributed by atoms with E-state index < -0.39 is 0 Å². The fraction of sp³-hybridized carbons (Fsp3) is 0.364. The highest BCUT2D eigenvalue weighted by molar-refractivity contribution is 5.76. The fourth-order valence-corrected chi connectivity index (χ4v) is 2.69. The van der Waals surface area contributed by atoms with Gasteiger partial charge in [0.1, 0.15) is 0 Å². The van der Waals surface area contributed by atoms with Crippen LogP contribution in [0.25, 0.3) is 0 Å². The van der Waals surface area contributed by atoms with Gasteiger partial charge >= 0.3 is 0 Å². The number of carbonyl (C=O) groups excluding carboxylic acids is 2. The van der Waals surface area contributed by atoms with Gasteiger partial charge in [-0.3, -0.25) is 9.59 Å². The lowest BCUT2D eigenvalue weighted by Crippen LogP contribution is -2.27. The molecule has 0 aliphatic heterocycles. The van der Waals surface area contributed by atoms with Crippen molar-refractivity contribution >= 4 is 11.8 Å². The number of carbonyl (C=O) groups is 2. The molecule has 0 aliphatic rings. The number of hydrogen-bond acceptors (Lipinski definition) is 2. The lowest BCUT2D eigenvalue weighted by molar-refractivity contribution is -0.122. The van der Waals surface area contributed by atoms with E-state index >= 15 is 0 Å². The van der Waals surface area contributed by atoms with Crippen LogP contribution in [-0.4, -0.2) is 24.9 Å². The lowest BCUT2D eigenvalue weighted by Gasteiger charge is -2.07. The largest absolute Gasteiger partial charge is 0.356 e. The van der Waals surface area contributed by atoms with Gasteiger partial charge in [0, 0.05) is 25.9 Å². The molecule has 4 heteroatoms. The molecule has 0 aromatic heterocycles. The second kappa shape index (κ2) is 11.9. The molecule has 0 fully saturated rings. The maximum absolute atomic E-state index is 11.8. The highest BCUT2D eigenvalue weighted by Gasteiger charge is 2.03. The molecule has 0 heterocycles. The van der Waals surface area contributed by atoms with E-state index in [1.54, 1.807) is 0 Å². The van der Waals surface area contributed by atoms with Gasteiger partial charge in [-0.15, -0.1) is 0 Å². The van der Waals surface area contributed by atoms with Crippen LogP contribution in [0, 0.1) is 0 Å². The molecular formula is C22H28N2O2. The molecule has 2 N–H and O–H groups in total. The van der Waals surface area contributed by atoms with Crippen molar-refractivity contribution in [2.24, 2.45) is 0 Å². The van der Waals surface area contributed by atoms with Gasteiger partial charge in [0.2, 0.25) is 11.8 Å². The summed E-state index contributed by atoms with van der Waals surface area (Å²) in [6.45, 7) is 1.32. The maximum atomic E-state index is 11.8. The maximum Gasteiger partial charge on any atom is 0.220 e. The van der Waals surface area contributed by atoms with Crippen LogP contribution in [0.3, 0.4) is 0 Å². The van der Waals surface area contributed by atoms with Crippen LogP contribution in [0.4, 0.5) is 0 Å². The Labute approximate surface area is 156 Å². The highest BCUT2D eigenvalue weighted by Crippen LogP contribution is 2.03. The summed E-state index contributed by atoms with van der Waals surface area (Å²) in [4.78, 5) is 23.6. The minimum Gasteiger partial charge on any atom is -0.356 e. The first kappa shape index (κ1) is 19.7. The van der Waals surface area contributed by atoms with E-state index in [2.05, 4.69) is 10.6 Å². The summed E-state index contributed by atoms with van der Waals surface area (Å²) in [6.07, 6.45) is 4.31. The van der Waals surface area contributed by atoms with Crippen molar-refractivity contribution < 1.29 is 9.59 Å². The van der Waals surface area contributed by atoms with Crippen LogP contribution in [-0.2, 0) is 22.4 Å². The second-order valence-corrected chi connectivity index (χ2v) is 6.38. The minimum absolute atomic E-state index is 0.0840. The molecule has 2 aromatic rings. The van der Waals surface area contributed by atoms with Crippen molar-refractivity contribution in [1.82, 2.24) is 10.6 Å². The van der Waals surface area contributed by atoms with Crippen LogP contribution in [0.15, 0.2) is 60.7 Å².